The van der Waals surface area contributed by atoms with Gasteiger partial charge in [0.15, 0.2) is 0 Å². The molecule has 0 spiro atoms. The van der Waals surface area contributed by atoms with Gasteiger partial charge in [-0.1, -0.05) is 58.8 Å². The van der Waals surface area contributed by atoms with Crippen molar-refractivity contribution < 1.29 is 0 Å². The third-order valence-electron chi connectivity index (χ3n) is 5.33. The molecular formula is C18H38N2. The van der Waals surface area contributed by atoms with Gasteiger partial charge in [0.25, 0.3) is 0 Å². The van der Waals surface area contributed by atoms with Crippen LogP contribution in [0, 0.1) is 5.92 Å². The lowest BCUT2D eigenvalue weighted by atomic mass is 9.86. The van der Waals surface area contributed by atoms with E-state index in [-0.39, 0.29) is 5.54 Å². The molecule has 0 bridgehead atoms. The highest BCUT2D eigenvalue weighted by Gasteiger charge is 2.32. The van der Waals surface area contributed by atoms with E-state index in [0.717, 1.165) is 12.5 Å². The Morgan fingerprint density at radius 1 is 1.00 bits per heavy atom. The smallest absolute Gasteiger partial charge is 0.0303 e. The molecule has 1 atom stereocenters. The summed E-state index contributed by atoms with van der Waals surface area (Å²) in [4.78, 5) is 2.69. The Morgan fingerprint density at radius 3 is 2.20 bits per heavy atom. The highest BCUT2D eigenvalue weighted by atomic mass is 15.2. The van der Waals surface area contributed by atoms with Crippen molar-refractivity contribution in [1.82, 2.24) is 4.90 Å². The van der Waals surface area contributed by atoms with E-state index in [0.29, 0.717) is 0 Å². The summed E-state index contributed by atoms with van der Waals surface area (Å²) in [6.45, 7) is 10.4. The Kier molecular flexibility index (Phi) is 8.79. The second kappa shape index (κ2) is 9.78. The normalized spacial score (nSPS) is 21.0. The van der Waals surface area contributed by atoms with Crippen molar-refractivity contribution in [3.05, 3.63) is 0 Å². The van der Waals surface area contributed by atoms with Crippen molar-refractivity contribution in [3.8, 4) is 0 Å². The zero-order valence-corrected chi connectivity index (χ0v) is 14.3. The van der Waals surface area contributed by atoms with Crippen molar-refractivity contribution in [3.63, 3.8) is 0 Å². The molecular weight excluding hydrogens is 244 g/mol. The summed E-state index contributed by atoms with van der Waals surface area (Å²) in [6.07, 6.45) is 13.7. The second-order valence-electron chi connectivity index (χ2n) is 7.08. The molecule has 0 radical (unpaired) electrons. The fraction of sp³-hybridized carbons (Fsp3) is 1.00. The van der Waals surface area contributed by atoms with Crippen LogP contribution in [-0.2, 0) is 0 Å². The van der Waals surface area contributed by atoms with E-state index in [1.807, 2.05) is 0 Å². The van der Waals surface area contributed by atoms with E-state index >= 15 is 0 Å². The zero-order valence-electron chi connectivity index (χ0n) is 14.3. The van der Waals surface area contributed by atoms with E-state index < -0.39 is 0 Å². The maximum Gasteiger partial charge on any atom is 0.0303 e. The lowest BCUT2D eigenvalue weighted by molar-refractivity contribution is 0.0573. The molecule has 1 fully saturated rings. The molecule has 20 heavy (non-hydrogen) atoms. The Morgan fingerprint density at radius 2 is 1.65 bits per heavy atom. The molecule has 0 aromatic carbocycles. The van der Waals surface area contributed by atoms with E-state index in [4.69, 9.17) is 5.73 Å². The van der Waals surface area contributed by atoms with Crippen LogP contribution in [0.1, 0.15) is 85.0 Å². The molecule has 1 aliphatic rings. The van der Waals surface area contributed by atoms with Gasteiger partial charge in [0, 0.05) is 12.1 Å². The summed E-state index contributed by atoms with van der Waals surface area (Å²) < 4.78 is 0. The lowest BCUT2D eigenvalue weighted by Gasteiger charge is -2.45. The molecule has 0 aromatic heterocycles. The Bertz CT molecular complexity index is 234. The van der Waals surface area contributed by atoms with Crippen LogP contribution in [0.2, 0.25) is 0 Å². The van der Waals surface area contributed by atoms with E-state index in [1.54, 1.807) is 0 Å². The van der Waals surface area contributed by atoms with Crippen molar-refractivity contribution >= 4 is 0 Å². The molecule has 1 rings (SSSR count). The van der Waals surface area contributed by atoms with Crippen LogP contribution >= 0.6 is 0 Å². The highest BCUT2D eigenvalue weighted by molar-refractivity contribution is 4.90. The van der Waals surface area contributed by atoms with Gasteiger partial charge < -0.3 is 5.73 Å². The number of likely N-dealkylation sites (tertiary alicyclic amines) is 1. The van der Waals surface area contributed by atoms with Crippen LogP contribution in [0.4, 0.5) is 0 Å². The molecule has 0 amide bonds. The molecule has 2 nitrogen and oxygen atoms in total. The summed E-state index contributed by atoms with van der Waals surface area (Å²) in [7, 11) is 0. The topological polar surface area (TPSA) is 29.3 Å². The molecule has 1 saturated heterocycles. The minimum absolute atomic E-state index is 0.253. The molecule has 2 heteroatoms. The van der Waals surface area contributed by atoms with Crippen molar-refractivity contribution in [1.29, 1.82) is 0 Å². The molecule has 120 valence electrons. The van der Waals surface area contributed by atoms with E-state index in [9.17, 15) is 0 Å². The van der Waals surface area contributed by atoms with E-state index in [2.05, 4.69) is 25.7 Å². The predicted octanol–water partition coefficient (Wildman–Crippen LogP) is 4.58. The van der Waals surface area contributed by atoms with Crippen LogP contribution in [0.3, 0.4) is 0 Å². The summed E-state index contributed by atoms with van der Waals surface area (Å²) in [6, 6.07) is 0. The van der Waals surface area contributed by atoms with Crippen LogP contribution in [0.15, 0.2) is 0 Å². The SMILES string of the molecule is CCCCCCCC(C)(CN)N1CCC(CCC)CC1. The molecule has 0 aliphatic carbocycles. The maximum atomic E-state index is 6.13. The minimum atomic E-state index is 0.253. The van der Waals surface area contributed by atoms with Gasteiger partial charge in [0.2, 0.25) is 0 Å². The molecule has 1 heterocycles. The molecule has 1 aliphatic heterocycles. The first-order valence-corrected chi connectivity index (χ1v) is 9.11. The monoisotopic (exact) mass is 282 g/mol. The van der Waals surface area contributed by atoms with Crippen LogP contribution < -0.4 is 5.73 Å². The van der Waals surface area contributed by atoms with Gasteiger partial charge in [0.1, 0.15) is 0 Å². The average molecular weight is 283 g/mol. The fourth-order valence-electron chi connectivity index (χ4n) is 3.67. The van der Waals surface area contributed by atoms with E-state index in [1.165, 1.54) is 77.3 Å². The van der Waals surface area contributed by atoms with Gasteiger partial charge in [-0.15, -0.1) is 0 Å². The van der Waals surface area contributed by atoms with Crippen LogP contribution in [0.25, 0.3) is 0 Å². The predicted molar refractivity (Wildman–Crippen MR) is 90.0 cm³/mol. The van der Waals surface area contributed by atoms with Gasteiger partial charge in [0.05, 0.1) is 0 Å². The maximum absolute atomic E-state index is 6.13. The number of hydrogen-bond donors (Lipinski definition) is 1. The molecule has 0 saturated carbocycles. The molecule has 2 N–H and O–H groups in total. The van der Waals surface area contributed by atoms with Crippen molar-refractivity contribution in [2.24, 2.45) is 11.7 Å². The number of nitrogens with zero attached hydrogens (tertiary/aromatic N) is 1. The molecule has 0 aromatic rings. The number of unbranched alkanes of at least 4 members (excludes halogenated alkanes) is 4. The second-order valence-corrected chi connectivity index (χ2v) is 7.08. The quantitative estimate of drug-likeness (QED) is 0.594. The number of nitrogens with two attached hydrogens (primary N) is 1. The number of piperidine rings is 1. The Hall–Kier alpha value is -0.0800. The van der Waals surface area contributed by atoms with Crippen LogP contribution in [-0.4, -0.2) is 30.1 Å². The van der Waals surface area contributed by atoms with Gasteiger partial charge in [-0.2, -0.15) is 0 Å². The first-order valence-electron chi connectivity index (χ1n) is 9.11. The average Bonchev–Trinajstić information content (AvgIpc) is 2.48. The lowest BCUT2D eigenvalue weighted by Crippen LogP contribution is -2.54. The van der Waals surface area contributed by atoms with Gasteiger partial charge in [-0.3, -0.25) is 4.90 Å². The summed E-state index contributed by atoms with van der Waals surface area (Å²) >= 11 is 0. The fourth-order valence-corrected chi connectivity index (χ4v) is 3.67. The van der Waals surface area contributed by atoms with Gasteiger partial charge >= 0.3 is 0 Å². The first kappa shape index (κ1) is 18.0. The summed E-state index contributed by atoms with van der Waals surface area (Å²) in [5.74, 6) is 0.975. The third-order valence-corrected chi connectivity index (χ3v) is 5.33. The Balaban J connectivity index is 2.32. The minimum Gasteiger partial charge on any atom is -0.329 e. The zero-order chi connectivity index (χ0) is 14.8. The number of hydrogen-bond acceptors (Lipinski definition) is 2. The standard InChI is InChI=1S/C18H38N2/c1-4-6-7-8-9-13-18(3,16-19)20-14-11-17(10-5-2)12-15-20/h17H,4-16,19H2,1-3H3. The van der Waals surface area contributed by atoms with Gasteiger partial charge in [-0.05, 0) is 45.2 Å². The Labute approximate surface area is 127 Å². The van der Waals surface area contributed by atoms with Gasteiger partial charge in [-0.25, -0.2) is 0 Å². The third kappa shape index (κ3) is 5.73. The highest BCUT2D eigenvalue weighted by Crippen LogP contribution is 2.29. The van der Waals surface area contributed by atoms with Crippen molar-refractivity contribution in [2.75, 3.05) is 19.6 Å². The number of rotatable bonds is 10. The van der Waals surface area contributed by atoms with Crippen LogP contribution in [0.5, 0.6) is 0 Å². The largest absolute Gasteiger partial charge is 0.329 e. The molecule has 1 unspecified atom stereocenters. The summed E-state index contributed by atoms with van der Waals surface area (Å²) in [5, 5.41) is 0. The van der Waals surface area contributed by atoms with Crippen molar-refractivity contribution in [2.45, 2.75) is 90.5 Å². The first-order chi connectivity index (χ1) is 9.66. The summed E-state index contributed by atoms with van der Waals surface area (Å²) in [5.41, 5.74) is 6.38.